The van der Waals surface area contributed by atoms with Crippen LogP contribution >= 0.6 is 0 Å². The van der Waals surface area contributed by atoms with Crippen LogP contribution in [0.3, 0.4) is 0 Å². The summed E-state index contributed by atoms with van der Waals surface area (Å²) in [5.74, 6) is -0.741. The predicted molar refractivity (Wildman–Crippen MR) is 105 cm³/mol. The minimum Gasteiger partial charge on any atom is -0.481 e. The highest BCUT2D eigenvalue weighted by molar-refractivity contribution is 5.66. The Balaban J connectivity index is 3.51. The van der Waals surface area contributed by atoms with Gasteiger partial charge < -0.3 is 5.11 Å². The first-order valence-corrected chi connectivity index (χ1v) is 8.89. The number of carbonyl (C=O) groups is 1. The second kappa shape index (κ2) is 19.0. The summed E-state index contributed by atoms with van der Waals surface area (Å²) in [5, 5.41) is 8.49. The molecule has 0 saturated heterocycles. The number of allylic oxidation sites excluding steroid dienone is 12. The van der Waals surface area contributed by atoms with Crippen LogP contribution in [-0.2, 0) is 4.79 Å². The van der Waals surface area contributed by atoms with Gasteiger partial charge in [0.15, 0.2) is 0 Å². The van der Waals surface area contributed by atoms with Gasteiger partial charge in [-0.3, -0.25) is 4.79 Å². The molecule has 0 bridgehead atoms. The number of aliphatic carboxylic acids is 1. The molecular formula is C22H32O2. The molecule has 0 atom stereocenters. The molecule has 0 aromatic carbocycles. The zero-order valence-electron chi connectivity index (χ0n) is 14.9. The van der Waals surface area contributed by atoms with Crippen LogP contribution in [-0.4, -0.2) is 11.1 Å². The van der Waals surface area contributed by atoms with E-state index in [1.54, 1.807) is 0 Å². The van der Waals surface area contributed by atoms with E-state index in [2.05, 4.69) is 67.7 Å². The molecule has 0 fully saturated rings. The van der Waals surface area contributed by atoms with E-state index in [-0.39, 0.29) is 6.42 Å². The number of carboxylic acid groups (broad SMARTS) is 1. The van der Waals surface area contributed by atoms with E-state index in [4.69, 9.17) is 5.11 Å². The molecule has 0 aliphatic carbocycles. The molecule has 0 amide bonds. The molecule has 0 saturated carbocycles. The Bertz CT molecular complexity index is 462. The SMILES string of the molecule is CC/C=C\C/C=C/C/C=C\C/C=C/C/C=C\C/C=C/CCC(=O)O. The summed E-state index contributed by atoms with van der Waals surface area (Å²) in [4.78, 5) is 10.3. The first-order chi connectivity index (χ1) is 11.8. The van der Waals surface area contributed by atoms with Crippen LogP contribution in [0.15, 0.2) is 72.9 Å². The quantitative estimate of drug-likeness (QED) is 0.367. The lowest BCUT2D eigenvalue weighted by atomic mass is 10.2. The standard InChI is InChI=1S/C22H32O2/c1-2-3-4-5-6-7-8-9-10-11-12-13-14-15-16-17-18-19-20-21-22(23)24/h3-4,6-7,9-10,12-13,15-16,18-19H,2,5,8,11,14,17,20-21H2,1H3,(H,23,24)/b4-3-,7-6+,10-9-,13-12+,16-15-,19-18+. The maximum Gasteiger partial charge on any atom is 0.303 e. The third-order valence-corrected chi connectivity index (χ3v) is 3.12. The molecule has 0 aromatic heterocycles. The lowest BCUT2D eigenvalue weighted by molar-refractivity contribution is -0.136. The van der Waals surface area contributed by atoms with Crippen LogP contribution in [0.5, 0.6) is 0 Å². The van der Waals surface area contributed by atoms with E-state index in [1.807, 2.05) is 12.2 Å². The molecule has 132 valence electrons. The van der Waals surface area contributed by atoms with Gasteiger partial charge in [-0.25, -0.2) is 0 Å². The Labute approximate surface area is 147 Å². The average molecular weight is 328 g/mol. The maximum absolute atomic E-state index is 10.3. The molecule has 1 N–H and O–H groups in total. The Kier molecular flexibility index (Phi) is 17.3. The van der Waals surface area contributed by atoms with E-state index < -0.39 is 5.97 Å². The minimum atomic E-state index is -0.741. The Morgan fingerprint density at radius 1 is 0.625 bits per heavy atom. The second-order valence-corrected chi connectivity index (χ2v) is 5.35. The third kappa shape index (κ3) is 19.9. The lowest BCUT2D eigenvalue weighted by Gasteiger charge is -1.87. The van der Waals surface area contributed by atoms with Gasteiger partial charge in [-0.05, 0) is 44.9 Å². The van der Waals surface area contributed by atoms with Gasteiger partial charge in [0.25, 0.3) is 0 Å². The highest BCUT2D eigenvalue weighted by atomic mass is 16.4. The van der Waals surface area contributed by atoms with Gasteiger partial charge in [0, 0.05) is 6.42 Å². The fraction of sp³-hybridized carbons (Fsp3) is 0.409. The number of rotatable bonds is 14. The van der Waals surface area contributed by atoms with Gasteiger partial charge >= 0.3 is 5.97 Å². The molecular weight excluding hydrogens is 296 g/mol. The fourth-order valence-electron chi connectivity index (χ4n) is 1.85. The third-order valence-electron chi connectivity index (χ3n) is 3.12. The predicted octanol–water partition coefficient (Wildman–Crippen LogP) is 6.55. The molecule has 0 radical (unpaired) electrons. The van der Waals surface area contributed by atoms with Gasteiger partial charge in [-0.2, -0.15) is 0 Å². The van der Waals surface area contributed by atoms with E-state index in [0.717, 1.165) is 38.5 Å². The Hall–Kier alpha value is -2.09. The van der Waals surface area contributed by atoms with Crippen LogP contribution in [0.1, 0.15) is 58.3 Å². The second-order valence-electron chi connectivity index (χ2n) is 5.35. The van der Waals surface area contributed by atoms with Crippen molar-refractivity contribution < 1.29 is 9.90 Å². The van der Waals surface area contributed by atoms with Crippen LogP contribution in [0.2, 0.25) is 0 Å². The summed E-state index contributed by atoms with van der Waals surface area (Å²) in [6.07, 6.45) is 32.5. The van der Waals surface area contributed by atoms with Crippen molar-refractivity contribution in [2.75, 3.05) is 0 Å². The van der Waals surface area contributed by atoms with Crippen LogP contribution in [0.4, 0.5) is 0 Å². The van der Waals surface area contributed by atoms with E-state index in [1.165, 1.54) is 0 Å². The van der Waals surface area contributed by atoms with Crippen molar-refractivity contribution in [3.05, 3.63) is 72.9 Å². The summed E-state index contributed by atoms with van der Waals surface area (Å²) >= 11 is 0. The highest BCUT2D eigenvalue weighted by Gasteiger charge is 1.90. The minimum absolute atomic E-state index is 0.210. The molecule has 0 spiro atoms. The number of carboxylic acids is 1. The van der Waals surface area contributed by atoms with Crippen molar-refractivity contribution in [1.82, 2.24) is 0 Å². The molecule has 0 heterocycles. The van der Waals surface area contributed by atoms with Crippen LogP contribution in [0.25, 0.3) is 0 Å². The molecule has 2 nitrogen and oxygen atoms in total. The number of hydrogen-bond donors (Lipinski definition) is 1. The summed E-state index contributed by atoms with van der Waals surface area (Å²) in [5.41, 5.74) is 0. The topological polar surface area (TPSA) is 37.3 Å². The summed E-state index contributed by atoms with van der Waals surface area (Å²) < 4.78 is 0. The van der Waals surface area contributed by atoms with Crippen LogP contribution in [0, 0.1) is 0 Å². The molecule has 2 heteroatoms. The molecule has 0 unspecified atom stereocenters. The Morgan fingerprint density at radius 2 is 0.958 bits per heavy atom. The molecule has 24 heavy (non-hydrogen) atoms. The highest BCUT2D eigenvalue weighted by Crippen LogP contribution is 1.97. The van der Waals surface area contributed by atoms with Gasteiger partial charge in [-0.15, -0.1) is 0 Å². The monoisotopic (exact) mass is 328 g/mol. The molecule has 0 aliphatic heterocycles. The van der Waals surface area contributed by atoms with Crippen LogP contribution < -0.4 is 0 Å². The van der Waals surface area contributed by atoms with Crippen molar-refractivity contribution in [1.29, 1.82) is 0 Å². The van der Waals surface area contributed by atoms with Gasteiger partial charge in [-0.1, -0.05) is 79.8 Å². The first kappa shape index (κ1) is 21.9. The lowest BCUT2D eigenvalue weighted by Crippen LogP contribution is -1.91. The fourth-order valence-corrected chi connectivity index (χ4v) is 1.85. The molecule has 0 aliphatic rings. The largest absolute Gasteiger partial charge is 0.481 e. The van der Waals surface area contributed by atoms with E-state index in [0.29, 0.717) is 6.42 Å². The van der Waals surface area contributed by atoms with Crippen molar-refractivity contribution in [3.63, 3.8) is 0 Å². The van der Waals surface area contributed by atoms with E-state index >= 15 is 0 Å². The van der Waals surface area contributed by atoms with Gasteiger partial charge in [0.2, 0.25) is 0 Å². The van der Waals surface area contributed by atoms with Crippen molar-refractivity contribution in [2.24, 2.45) is 0 Å². The van der Waals surface area contributed by atoms with Crippen molar-refractivity contribution >= 4 is 5.97 Å². The van der Waals surface area contributed by atoms with Crippen molar-refractivity contribution in [2.45, 2.75) is 58.3 Å². The van der Waals surface area contributed by atoms with Crippen molar-refractivity contribution in [3.8, 4) is 0 Å². The zero-order valence-corrected chi connectivity index (χ0v) is 14.9. The Morgan fingerprint density at radius 3 is 1.29 bits per heavy atom. The first-order valence-electron chi connectivity index (χ1n) is 8.89. The normalized spacial score (nSPS) is 13.0. The molecule has 0 rings (SSSR count). The maximum atomic E-state index is 10.3. The summed E-state index contributed by atoms with van der Waals surface area (Å²) in [7, 11) is 0. The van der Waals surface area contributed by atoms with Gasteiger partial charge in [0.05, 0.1) is 0 Å². The average Bonchev–Trinajstić information content (AvgIpc) is 2.56. The summed E-state index contributed by atoms with van der Waals surface area (Å²) in [6, 6.07) is 0. The molecule has 0 aromatic rings. The number of hydrogen-bond acceptors (Lipinski definition) is 1. The van der Waals surface area contributed by atoms with Gasteiger partial charge in [0.1, 0.15) is 0 Å². The zero-order chi connectivity index (χ0) is 17.7. The smallest absolute Gasteiger partial charge is 0.303 e. The summed E-state index contributed by atoms with van der Waals surface area (Å²) in [6.45, 7) is 2.15. The van der Waals surface area contributed by atoms with E-state index in [9.17, 15) is 4.79 Å².